The fraction of sp³-hybridized carbons (Fsp3) is 0.276. The highest BCUT2D eigenvalue weighted by Crippen LogP contribution is 2.36. The fourth-order valence-corrected chi connectivity index (χ4v) is 4.85. The van der Waals surface area contributed by atoms with Gasteiger partial charge in [-0.05, 0) is 51.5 Å². The number of carbonyl (C=O) groups excluding carboxylic acids is 1. The van der Waals surface area contributed by atoms with Crippen LogP contribution in [0.25, 0.3) is 27.5 Å². The van der Waals surface area contributed by atoms with Crippen LogP contribution in [0.3, 0.4) is 0 Å². The van der Waals surface area contributed by atoms with Gasteiger partial charge >= 0.3 is 5.97 Å². The predicted molar refractivity (Wildman–Crippen MR) is 152 cm³/mol. The minimum absolute atomic E-state index is 0.0687. The summed E-state index contributed by atoms with van der Waals surface area (Å²) in [5, 5.41) is 14.7. The smallest absolute Gasteiger partial charge is 0.355 e. The highest BCUT2D eigenvalue weighted by Gasteiger charge is 2.31. The molecule has 5 rings (SSSR count). The van der Waals surface area contributed by atoms with Crippen molar-refractivity contribution in [3.8, 4) is 5.75 Å². The molecule has 0 bridgehead atoms. The number of hydrogen-bond donors (Lipinski definition) is 2. The summed E-state index contributed by atoms with van der Waals surface area (Å²) < 4.78 is 27.5. The third-order valence-electron chi connectivity index (χ3n) is 6.72. The molecule has 40 heavy (non-hydrogen) atoms. The Balaban J connectivity index is 1.73. The first-order chi connectivity index (χ1) is 19.2. The second kappa shape index (κ2) is 11.2. The van der Waals surface area contributed by atoms with Gasteiger partial charge in [-0.15, -0.1) is 0 Å². The van der Waals surface area contributed by atoms with Crippen molar-refractivity contribution in [2.75, 3.05) is 34.4 Å². The van der Waals surface area contributed by atoms with E-state index in [4.69, 9.17) is 21.1 Å². The molecule has 0 saturated heterocycles. The topological polar surface area (TPSA) is 102 Å². The van der Waals surface area contributed by atoms with Gasteiger partial charge in [-0.25, -0.2) is 19.2 Å². The third kappa shape index (κ3) is 5.25. The number of aliphatic hydroxyl groups excluding tert-OH is 1. The van der Waals surface area contributed by atoms with Gasteiger partial charge in [0.25, 0.3) is 0 Å². The lowest BCUT2D eigenvalue weighted by molar-refractivity contribution is 0.0470. The van der Waals surface area contributed by atoms with E-state index in [0.29, 0.717) is 45.5 Å². The quantitative estimate of drug-likeness (QED) is 0.241. The number of halogens is 2. The zero-order chi connectivity index (χ0) is 28.6. The molecule has 0 spiro atoms. The normalized spacial score (nSPS) is 15.0. The van der Waals surface area contributed by atoms with Crippen molar-refractivity contribution in [1.29, 1.82) is 0 Å². The standard InChI is InChI=1S/C29H29ClFN5O4/c1-16-21(31)14-23-25(33-16)24(20-6-5-9-32-28(20)37)26(29(38)40-11-10-35(2)3)36(23)15-18-12-17-7-8-19(39-4)13-22(17)34-27(18)30/h5-9,12-14,28,32,37H,10-11,15H2,1-4H3. The van der Waals surface area contributed by atoms with Crippen LogP contribution < -0.4 is 10.1 Å². The van der Waals surface area contributed by atoms with Gasteiger partial charge < -0.3 is 29.4 Å². The monoisotopic (exact) mass is 565 g/mol. The number of benzene rings is 1. The summed E-state index contributed by atoms with van der Waals surface area (Å²) in [6.45, 7) is 2.26. The molecule has 1 aliphatic heterocycles. The molecule has 0 radical (unpaired) electrons. The summed E-state index contributed by atoms with van der Waals surface area (Å²) in [5.41, 5.74) is 2.99. The minimum Gasteiger partial charge on any atom is -0.497 e. The van der Waals surface area contributed by atoms with Crippen LogP contribution in [0.5, 0.6) is 5.75 Å². The minimum atomic E-state index is -1.12. The zero-order valence-corrected chi connectivity index (χ0v) is 23.3. The number of fused-ring (bicyclic) bond motifs is 2. The second-order valence-corrected chi connectivity index (χ2v) is 10.1. The Kier molecular flexibility index (Phi) is 7.75. The molecule has 1 unspecified atom stereocenters. The van der Waals surface area contributed by atoms with Crippen LogP contribution in [0.2, 0.25) is 5.15 Å². The first-order valence-electron chi connectivity index (χ1n) is 12.6. The van der Waals surface area contributed by atoms with Gasteiger partial charge in [-0.3, -0.25) is 0 Å². The highest BCUT2D eigenvalue weighted by atomic mass is 35.5. The summed E-state index contributed by atoms with van der Waals surface area (Å²) in [7, 11) is 5.32. The van der Waals surface area contributed by atoms with E-state index in [1.54, 1.807) is 43.0 Å². The van der Waals surface area contributed by atoms with Crippen molar-refractivity contribution < 1.29 is 23.8 Å². The summed E-state index contributed by atoms with van der Waals surface area (Å²) >= 11 is 6.64. The van der Waals surface area contributed by atoms with Gasteiger partial charge in [-0.2, -0.15) is 0 Å². The molecule has 1 aliphatic rings. The zero-order valence-electron chi connectivity index (χ0n) is 22.5. The summed E-state index contributed by atoms with van der Waals surface area (Å²) in [5.74, 6) is -0.520. The number of dihydropyridines is 1. The number of likely N-dealkylation sites (N-methyl/N-ethyl adjacent to an activating group) is 1. The number of nitrogens with zero attached hydrogens (tertiary/aromatic N) is 4. The van der Waals surface area contributed by atoms with Crippen LogP contribution in [0.1, 0.15) is 27.3 Å². The van der Waals surface area contributed by atoms with E-state index in [2.05, 4.69) is 15.3 Å². The first-order valence-corrected chi connectivity index (χ1v) is 13.0. The number of rotatable bonds is 8. The van der Waals surface area contributed by atoms with Crippen LogP contribution in [0.15, 0.2) is 48.7 Å². The Morgan fingerprint density at radius 3 is 2.77 bits per heavy atom. The lowest BCUT2D eigenvalue weighted by atomic mass is 10.0. The van der Waals surface area contributed by atoms with Crippen molar-refractivity contribution in [2.24, 2.45) is 0 Å². The summed E-state index contributed by atoms with van der Waals surface area (Å²) in [6, 6.07) is 8.67. The van der Waals surface area contributed by atoms with E-state index in [1.165, 1.54) is 6.07 Å². The van der Waals surface area contributed by atoms with E-state index in [-0.39, 0.29) is 29.7 Å². The number of esters is 1. The summed E-state index contributed by atoms with van der Waals surface area (Å²) in [6.07, 6.45) is 3.87. The average molecular weight is 566 g/mol. The number of aromatic nitrogens is 3. The second-order valence-electron chi connectivity index (χ2n) is 9.72. The number of allylic oxidation sites excluding steroid dienone is 2. The molecule has 1 aromatic carbocycles. The molecule has 4 heterocycles. The predicted octanol–water partition coefficient (Wildman–Crippen LogP) is 4.28. The van der Waals surface area contributed by atoms with Crippen LogP contribution >= 0.6 is 11.6 Å². The molecule has 2 N–H and O–H groups in total. The lowest BCUT2D eigenvalue weighted by Crippen LogP contribution is -2.28. The van der Waals surface area contributed by atoms with Crippen LogP contribution in [0, 0.1) is 12.7 Å². The Hall–Kier alpha value is -3.99. The van der Waals surface area contributed by atoms with E-state index < -0.39 is 18.0 Å². The molecule has 208 valence electrons. The number of ether oxygens (including phenoxy) is 2. The fourth-order valence-electron chi connectivity index (χ4n) is 4.64. The number of methoxy groups -OCH3 is 1. The Morgan fingerprint density at radius 2 is 2.05 bits per heavy atom. The molecule has 4 aromatic rings. The van der Waals surface area contributed by atoms with Gasteiger partial charge in [0.05, 0.1) is 35.9 Å². The third-order valence-corrected chi connectivity index (χ3v) is 7.05. The highest BCUT2D eigenvalue weighted by molar-refractivity contribution is 6.30. The van der Waals surface area contributed by atoms with Gasteiger partial charge in [0.15, 0.2) is 6.23 Å². The maximum atomic E-state index is 14.9. The number of pyridine rings is 2. The van der Waals surface area contributed by atoms with E-state index in [9.17, 15) is 14.3 Å². The van der Waals surface area contributed by atoms with Crippen molar-refractivity contribution in [2.45, 2.75) is 19.7 Å². The molecule has 0 amide bonds. The van der Waals surface area contributed by atoms with Crippen molar-refractivity contribution >= 4 is 45.1 Å². The maximum absolute atomic E-state index is 14.9. The molecule has 0 fully saturated rings. The van der Waals surface area contributed by atoms with Gasteiger partial charge in [0, 0.05) is 40.8 Å². The molecule has 11 heteroatoms. The lowest BCUT2D eigenvalue weighted by Gasteiger charge is -2.20. The average Bonchev–Trinajstić information content (AvgIpc) is 3.21. The molecule has 0 saturated carbocycles. The Labute approximate surface area is 235 Å². The largest absolute Gasteiger partial charge is 0.497 e. The van der Waals surface area contributed by atoms with Crippen molar-refractivity contribution in [1.82, 2.24) is 24.8 Å². The van der Waals surface area contributed by atoms with Crippen molar-refractivity contribution in [3.05, 3.63) is 82.2 Å². The van der Waals surface area contributed by atoms with Gasteiger partial charge in [0.1, 0.15) is 29.0 Å². The number of aryl methyl sites for hydroxylation is 1. The molecule has 9 nitrogen and oxygen atoms in total. The maximum Gasteiger partial charge on any atom is 0.355 e. The van der Waals surface area contributed by atoms with Crippen LogP contribution in [0.4, 0.5) is 4.39 Å². The molecule has 3 aromatic heterocycles. The number of nitrogens with one attached hydrogen (secondary N) is 1. The van der Waals surface area contributed by atoms with Crippen molar-refractivity contribution in [3.63, 3.8) is 0 Å². The Bertz CT molecular complexity index is 1680. The first kappa shape index (κ1) is 27.6. The molecule has 0 aliphatic carbocycles. The SMILES string of the molecule is COc1ccc2cc(Cn3c(C(=O)OCCN(C)C)c(C4=CC=CNC4O)c4nc(C)c(F)cc43)c(Cl)nc2c1. The number of hydrogen-bond acceptors (Lipinski definition) is 8. The molecule has 1 atom stereocenters. The van der Waals surface area contributed by atoms with E-state index in [0.717, 1.165) is 5.39 Å². The number of carbonyl (C=O) groups is 1. The Morgan fingerprint density at radius 1 is 1.25 bits per heavy atom. The molecular weight excluding hydrogens is 537 g/mol. The van der Waals surface area contributed by atoms with E-state index in [1.807, 2.05) is 37.2 Å². The van der Waals surface area contributed by atoms with Crippen LogP contribution in [-0.4, -0.2) is 71.1 Å². The molecular formula is C29H29ClFN5O4. The summed E-state index contributed by atoms with van der Waals surface area (Å²) in [4.78, 5) is 24.7. The van der Waals surface area contributed by atoms with Gasteiger partial charge in [0.2, 0.25) is 0 Å². The van der Waals surface area contributed by atoms with E-state index >= 15 is 0 Å². The number of aliphatic hydroxyl groups is 1. The van der Waals surface area contributed by atoms with Crippen LogP contribution in [-0.2, 0) is 11.3 Å². The van der Waals surface area contributed by atoms with Gasteiger partial charge in [-0.1, -0.05) is 17.7 Å².